The fraction of sp³-hybridized carbons (Fsp3) is 0.440. The van der Waals surface area contributed by atoms with E-state index < -0.39 is 0 Å². The molecule has 0 unspecified atom stereocenters. The highest BCUT2D eigenvalue weighted by Gasteiger charge is 2.33. The number of rotatable bonds is 9. The lowest BCUT2D eigenvalue weighted by molar-refractivity contribution is -0.142. The molecule has 3 rings (SSSR count). The fourth-order valence-corrected chi connectivity index (χ4v) is 3.71. The van der Waals surface area contributed by atoms with Gasteiger partial charge in [-0.25, -0.2) is 0 Å². The number of ether oxygens (including phenoxy) is 2. The van der Waals surface area contributed by atoms with E-state index >= 15 is 0 Å². The zero-order valence-corrected chi connectivity index (χ0v) is 18.4. The lowest BCUT2D eigenvalue weighted by Crippen LogP contribution is -2.31. The highest BCUT2D eigenvalue weighted by atomic mass is 16.5. The van der Waals surface area contributed by atoms with Crippen LogP contribution in [0.3, 0.4) is 0 Å². The first-order valence-electron chi connectivity index (χ1n) is 10.7. The molecule has 1 aliphatic rings. The van der Waals surface area contributed by atoms with Crippen molar-refractivity contribution >= 4 is 11.9 Å². The first-order valence-corrected chi connectivity index (χ1v) is 10.7. The predicted molar refractivity (Wildman–Crippen MR) is 117 cm³/mol. The number of carbonyl (C=O) groups is 2. The van der Waals surface area contributed by atoms with E-state index in [1.54, 1.807) is 14.0 Å². The number of methoxy groups -OCH3 is 1. The third-order valence-corrected chi connectivity index (χ3v) is 5.45. The first-order chi connectivity index (χ1) is 14.5. The number of hydrogen-bond acceptors (Lipinski definition) is 4. The summed E-state index contributed by atoms with van der Waals surface area (Å²) >= 11 is 0. The van der Waals surface area contributed by atoms with Gasteiger partial charge in [0, 0.05) is 24.6 Å². The van der Waals surface area contributed by atoms with Crippen molar-refractivity contribution < 1.29 is 19.1 Å². The lowest BCUT2D eigenvalue weighted by Gasteiger charge is -2.23. The van der Waals surface area contributed by atoms with Crippen molar-refractivity contribution in [3.05, 3.63) is 53.1 Å². The van der Waals surface area contributed by atoms with Crippen molar-refractivity contribution in [3.8, 4) is 16.9 Å². The SMILES string of the molecule is CCOC(=O)Cc1ccc(OC)c(-c2ccc(C)cc2CN(CC)C(=O)C2CC2)c1. The molecule has 1 aliphatic carbocycles. The van der Waals surface area contributed by atoms with Gasteiger partial charge in [0.2, 0.25) is 5.91 Å². The summed E-state index contributed by atoms with van der Waals surface area (Å²) < 4.78 is 10.7. The van der Waals surface area contributed by atoms with Gasteiger partial charge in [0.05, 0.1) is 20.1 Å². The van der Waals surface area contributed by atoms with Crippen LogP contribution in [0.25, 0.3) is 11.1 Å². The minimum Gasteiger partial charge on any atom is -0.496 e. The third-order valence-electron chi connectivity index (χ3n) is 5.45. The second-order valence-corrected chi connectivity index (χ2v) is 7.80. The fourth-order valence-electron chi connectivity index (χ4n) is 3.71. The minimum absolute atomic E-state index is 0.195. The summed E-state index contributed by atoms with van der Waals surface area (Å²) in [6, 6.07) is 12.0. The van der Waals surface area contributed by atoms with E-state index in [1.165, 1.54) is 0 Å². The molecule has 5 heteroatoms. The number of esters is 1. The molecule has 1 fully saturated rings. The van der Waals surface area contributed by atoms with Gasteiger partial charge in [-0.05, 0) is 62.4 Å². The molecule has 0 bridgehead atoms. The largest absolute Gasteiger partial charge is 0.496 e. The van der Waals surface area contributed by atoms with Crippen LogP contribution < -0.4 is 4.74 Å². The molecule has 0 saturated heterocycles. The van der Waals surface area contributed by atoms with E-state index in [4.69, 9.17) is 9.47 Å². The van der Waals surface area contributed by atoms with E-state index in [0.29, 0.717) is 19.7 Å². The van der Waals surface area contributed by atoms with Crippen molar-refractivity contribution in [3.63, 3.8) is 0 Å². The van der Waals surface area contributed by atoms with Crippen molar-refractivity contribution in [1.82, 2.24) is 4.90 Å². The molecule has 0 aliphatic heterocycles. The Labute approximate surface area is 179 Å². The van der Waals surface area contributed by atoms with Crippen LogP contribution >= 0.6 is 0 Å². The van der Waals surface area contributed by atoms with Crippen LogP contribution in [-0.2, 0) is 27.3 Å². The smallest absolute Gasteiger partial charge is 0.310 e. The summed E-state index contributed by atoms with van der Waals surface area (Å²) in [6.07, 6.45) is 2.22. The molecule has 0 aromatic heterocycles. The molecule has 30 heavy (non-hydrogen) atoms. The number of benzene rings is 2. The molecule has 0 heterocycles. The van der Waals surface area contributed by atoms with Gasteiger partial charge in [-0.3, -0.25) is 9.59 Å². The van der Waals surface area contributed by atoms with Crippen LogP contribution in [-0.4, -0.2) is 37.0 Å². The van der Waals surface area contributed by atoms with Gasteiger partial charge in [-0.2, -0.15) is 0 Å². The van der Waals surface area contributed by atoms with E-state index in [2.05, 4.69) is 25.1 Å². The Morgan fingerprint density at radius 1 is 1.07 bits per heavy atom. The molecule has 0 spiro atoms. The van der Waals surface area contributed by atoms with Gasteiger partial charge in [0.25, 0.3) is 0 Å². The minimum atomic E-state index is -0.245. The van der Waals surface area contributed by atoms with Gasteiger partial charge < -0.3 is 14.4 Å². The summed E-state index contributed by atoms with van der Waals surface area (Å²) in [4.78, 5) is 26.6. The molecule has 160 valence electrons. The normalized spacial score (nSPS) is 13.1. The Morgan fingerprint density at radius 3 is 2.47 bits per heavy atom. The summed E-state index contributed by atoms with van der Waals surface area (Å²) in [5.41, 5.74) is 5.04. The highest BCUT2D eigenvalue weighted by Crippen LogP contribution is 2.36. The van der Waals surface area contributed by atoms with Crippen molar-refractivity contribution in [2.75, 3.05) is 20.3 Å². The topological polar surface area (TPSA) is 55.8 Å². The average Bonchev–Trinajstić information content (AvgIpc) is 3.57. The standard InChI is InChI=1S/C25H31NO4/c1-5-26(25(28)19-9-10-19)16-20-13-17(3)7-11-21(20)22-14-18(8-12-23(22)29-4)15-24(27)30-6-2/h7-8,11-14,19H,5-6,9-10,15-16H2,1-4H3. The van der Waals surface area contributed by atoms with Crippen molar-refractivity contribution in [2.24, 2.45) is 5.92 Å². The Hall–Kier alpha value is -2.82. The second-order valence-electron chi connectivity index (χ2n) is 7.80. The molecule has 5 nitrogen and oxygen atoms in total. The molecule has 2 aromatic rings. The summed E-state index contributed by atoms with van der Waals surface area (Å²) in [6.45, 7) is 7.50. The maximum Gasteiger partial charge on any atom is 0.310 e. The first kappa shape index (κ1) is 21.9. The van der Waals surface area contributed by atoms with Crippen LogP contribution in [0.5, 0.6) is 5.75 Å². The van der Waals surface area contributed by atoms with Crippen LogP contribution in [0.2, 0.25) is 0 Å². The average molecular weight is 410 g/mol. The summed E-state index contributed by atoms with van der Waals surface area (Å²) in [5.74, 6) is 0.933. The number of aryl methyl sites for hydroxylation is 1. The van der Waals surface area contributed by atoms with Gasteiger partial charge >= 0.3 is 5.97 Å². The summed E-state index contributed by atoms with van der Waals surface area (Å²) in [7, 11) is 1.65. The Balaban J connectivity index is 1.97. The van der Waals surface area contributed by atoms with E-state index in [1.807, 2.05) is 30.0 Å². The van der Waals surface area contributed by atoms with Crippen molar-refractivity contribution in [1.29, 1.82) is 0 Å². The maximum atomic E-state index is 12.7. The monoisotopic (exact) mass is 409 g/mol. The zero-order valence-electron chi connectivity index (χ0n) is 18.4. The highest BCUT2D eigenvalue weighted by molar-refractivity contribution is 5.82. The Kier molecular flexibility index (Phi) is 7.14. The second kappa shape index (κ2) is 9.79. The van der Waals surface area contributed by atoms with Gasteiger partial charge in [-0.15, -0.1) is 0 Å². The maximum absolute atomic E-state index is 12.7. The quantitative estimate of drug-likeness (QED) is 0.571. The number of amides is 1. The Morgan fingerprint density at radius 2 is 1.83 bits per heavy atom. The number of carbonyl (C=O) groups excluding carboxylic acids is 2. The van der Waals surface area contributed by atoms with Gasteiger partial charge in [0.1, 0.15) is 5.75 Å². The third kappa shape index (κ3) is 5.21. The van der Waals surface area contributed by atoms with Gasteiger partial charge in [0.15, 0.2) is 0 Å². The van der Waals surface area contributed by atoms with E-state index in [-0.39, 0.29) is 24.2 Å². The number of nitrogens with zero attached hydrogens (tertiary/aromatic N) is 1. The molecule has 0 N–H and O–H groups in total. The van der Waals surface area contributed by atoms with E-state index in [0.717, 1.165) is 46.4 Å². The van der Waals surface area contributed by atoms with Gasteiger partial charge in [-0.1, -0.05) is 29.8 Å². The van der Waals surface area contributed by atoms with Crippen LogP contribution in [0, 0.1) is 12.8 Å². The summed E-state index contributed by atoms with van der Waals surface area (Å²) in [5, 5.41) is 0. The molecule has 1 amide bonds. The zero-order chi connectivity index (χ0) is 21.7. The van der Waals surface area contributed by atoms with E-state index in [9.17, 15) is 9.59 Å². The molecular weight excluding hydrogens is 378 g/mol. The van der Waals surface area contributed by atoms with Crippen LogP contribution in [0.4, 0.5) is 0 Å². The van der Waals surface area contributed by atoms with Crippen LogP contribution in [0.1, 0.15) is 43.4 Å². The molecular formula is C25H31NO4. The van der Waals surface area contributed by atoms with Crippen LogP contribution in [0.15, 0.2) is 36.4 Å². The van der Waals surface area contributed by atoms with Crippen molar-refractivity contribution in [2.45, 2.75) is 46.6 Å². The number of hydrogen-bond donors (Lipinski definition) is 0. The molecule has 0 atom stereocenters. The molecule has 1 saturated carbocycles. The lowest BCUT2D eigenvalue weighted by atomic mass is 9.94. The molecule has 2 aromatic carbocycles. The predicted octanol–water partition coefficient (Wildman–Crippen LogP) is 4.53. The molecule has 0 radical (unpaired) electrons. The Bertz CT molecular complexity index is 917.